The minimum atomic E-state index is -0.138. The zero-order valence-corrected chi connectivity index (χ0v) is 26.3. The Balaban J connectivity index is 0.971. The van der Waals surface area contributed by atoms with Crippen LogP contribution in [0.2, 0.25) is 0 Å². The highest BCUT2D eigenvalue weighted by Gasteiger charge is 2.14. The third-order valence-corrected chi connectivity index (χ3v) is 8.19. The van der Waals surface area contributed by atoms with E-state index in [9.17, 15) is 9.59 Å². The van der Waals surface area contributed by atoms with Gasteiger partial charge in [0.2, 0.25) is 0 Å². The monoisotopic (exact) mass is 615 g/mol. The number of nitrogens with zero attached hydrogens (tertiary/aromatic N) is 3. The van der Waals surface area contributed by atoms with Crippen molar-refractivity contribution < 1.29 is 19.1 Å². The average Bonchev–Trinajstić information content (AvgIpc) is 3.08. The molecule has 0 atom stereocenters. The van der Waals surface area contributed by atoms with Crippen LogP contribution < -0.4 is 20.1 Å². The van der Waals surface area contributed by atoms with Gasteiger partial charge in [0, 0.05) is 46.8 Å². The molecule has 0 fully saturated rings. The highest BCUT2D eigenvalue weighted by atomic mass is 16.5. The number of ether oxygens (including phenoxy) is 2. The van der Waals surface area contributed by atoms with Gasteiger partial charge in [0.15, 0.2) is 0 Å². The van der Waals surface area contributed by atoms with Crippen LogP contribution in [0.5, 0.6) is 11.5 Å². The average molecular weight is 616 g/mol. The summed E-state index contributed by atoms with van der Waals surface area (Å²) in [6.45, 7) is 2.73. The van der Waals surface area contributed by atoms with E-state index in [-0.39, 0.29) is 11.8 Å². The summed E-state index contributed by atoms with van der Waals surface area (Å²) in [5, 5.41) is 9.93. The minimum absolute atomic E-state index is 0.138. The second-order valence-electron chi connectivity index (χ2n) is 11.4. The molecular weight excluding hydrogens is 578 g/mol. The third-order valence-electron chi connectivity index (χ3n) is 8.19. The lowest BCUT2D eigenvalue weighted by atomic mass is 10.1. The van der Waals surface area contributed by atoms with Crippen molar-refractivity contribution >= 4 is 55.4 Å². The molecular formula is C37H37N5O4. The van der Waals surface area contributed by atoms with Gasteiger partial charge in [-0.25, -0.2) is 9.97 Å². The lowest BCUT2D eigenvalue weighted by Gasteiger charge is -2.17. The predicted octanol–water partition coefficient (Wildman–Crippen LogP) is 5.98. The van der Waals surface area contributed by atoms with Gasteiger partial charge in [0.25, 0.3) is 11.8 Å². The highest BCUT2D eigenvalue weighted by Crippen LogP contribution is 2.27. The molecule has 2 N–H and O–H groups in total. The Morgan fingerprint density at radius 1 is 0.630 bits per heavy atom. The number of nitrogens with one attached hydrogen (secondary N) is 2. The van der Waals surface area contributed by atoms with Gasteiger partial charge >= 0.3 is 0 Å². The van der Waals surface area contributed by atoms with Crippen LogP contribution in [-0.2, 0) is 0 Å². The van der Waals surface area contributed by atoms with Gasteiger partial charge in [-0.1, -0.05) is 24.3 Å². The minimum Gasteiger partial charge on any atom is -0.497 e. The van der Waals surface area contributed by atoms with Crippen LogP contribution >= 0.6 is 0 Å². The summed E-state index contributed by atoms with van der Waals surface area (Å²) in [7, 11) is 5.30. The van der Waals surface area contributed by atoms with Gasteiger partial charge in [-0.05, 0) is 81.5 Å². The number of rotatable bonds is 12. The highest BCUT2D eigenvalue weighted by molar-refractivity contribution is 6.08. The summed E-state index contributed by atoms with van der Waals surface area (Å²) >= 11 is 0. The third kappa shape index (κ3) is 6.69. The van der Waals surface area contributed by atoms with Crippen LogP contribution in [0.1, 0.15) is 33.6 Å². The molecule has 0 spiro atoms. The van der Waals surface area contributed by atoms with E-state index in [1.54, 1.807) is 14.2 Å². The molecule has 0 unspecified atom stereocenters. The summed E-state index contributed by atoms with van der Waals surface area (Å²) in [6, 6.07) is 26.9. The number of hydrogen-bond donors (Lipinski definition) is 2. The SMILES string of the molecule is COc1ccc2cc3cccc(C(=O)NCCCN(C)CCCNC(=O)c4cccc5cc6ccc(OC)cc6nc45)c3nc2c1. The number of amides is 2. The largest absolute Gasteiger partial charge is 0.497 e. The van der Waals surface area contributed by atoms with E-state index in [0.29, 0.717) is 35.2 Å². The molecule has 9 nitrogen and oxygen atoms in total. The molecule has 0 aliphatic heterocycles. The number of para-hydroxylation sites is 2. The summed E-state index contributed by atoms with van der Waals surface area (Å²) in [5.41, 5.74) is 4.03. The molecule has 0 aliphatic rings. The summed E-state index contributed by atoms with van der Waals surface area (Å²) in [5.74, 6) is 1.18. The Hall–Kier alpha value is -5.28. The number of fused-ring (bicyclic) bond motifs is 4. The molecule has 0 saturated carbocycles. The van der Waals surface area contributed by atoms with Crippen LogP contribution in [0.4, 0.5) is 0 Å². The normalized spacial score (nSPS) is 11.4. The maximum absolute atomic E-state index is 13.1. The lowest BCUT2D eigenvalue weighted by Crippen LogP contribution is -2.31. The van der Waals surface area contributed by atoms with Crippen LogP contribution in [0, 0.1) is 0 Å². The number of benzene rings is 4. The van der Waals surface area contributed by atoms with Gasteiger partial charge in [-0.15, -0.1) is 0 Å². The first-order chi connectivity index (χ1) is 22.4. The molecule has 0 radical (unpaired) electrons. The molecule has 2 amide bonds. The molecule has 0 saturated heterocycles. The van der Waals surface area contributed by atoms with Gasteiger partial charge in [0.1, 0.15) is 11.5 Å². The van der Waals surface area contributed by atoms with Crippen molar-refractivity contribution in [1.29, 1.82) is 0 Å². The number of methoxy groups -OCH3 is 2. The van der Waals surface area contributed by atoms with Gasteiger partial charge in [0.05, 0.1) is 47.4 Å². The van der Waals surface area contributed by atoms with E-state index in [4.69, 9.17) is 19.4 Å². The smallest absolute Gasteiger partial charge is 0.253 e. The fourth-order valence-electron chi connectivity index (χ4n) is 5.69. The molecule has 46 heavy (non-hydrogen) atoms. The van der Waals surface area contributed by atoms with Crippen molar-refractivity contribution in [2.24, 2.45) is 0 Å². The summed E-state index contributed by atoms with van der Waals surface area (Å²) < 4.78 is 10.7. The topological polar surface area (TPSA) is 106 Å². The fourth-order valence-corrected chi connectivity index (χ4v) is 5.69. The van der Waals surface area contributed by atoms with E-state index in [1.165, 1.54) is 0 Å². The van der Waals surface area contributed by atoms with Crippen molar-refractivity contribution in [2.75, 3.05) is 47.4 Å². The molecule has 6 aromatic rings. The molecule has 6 rings (SSSR count). The first-order valence-corrected chi connectivity index (χ1v) is 15.4. The van der Waals surface area contributed by atoms with Gasteiger partial charge in [-0.3, -0.25) is 9.59 Å². The molecule has 0 aliphatic carbocycles. The molecule has 2 heterocycles. The van der Waals surface area contributed by atoms with Crippen LogP contribution in [0.15, 0.2) is 84.9 Å². The Morgan fingerprint density at radius 2 is 1.09 bits per heavy atom. The molecule has 0 bridgehead atoms. The van der Waals surface area contributed by atoms with Crippen LogP contribution in [0.3, 0.4) is 0 Å². The fraction of sp³-hybridized carbons (Fsp3) is 0.243. The second-order valence-corrected chi connectivity index (χ2v) is 11.4. The van der Waals surface area contributed by atoms with E-state index in [1.807, 2.05) is 92.0 Å². The standard InChI is InChI=1S/C37H37N5O4/c1-42(18-6-16-38-36(43)30-10-4-8-26-20-24-12-14-28(45-2)22-32(24)40-34(26)30)19-7-17-39-37(44)31-11-5-9-27-21-25-13-15-29(46-3)23-33(25)41-35(27)31/h4-5,8-15,20-23H,6-7,16-19H2,1-3H3,(H,38,43)(H,39,44). The summed E-state index contributed by atoms with van der Waals surface area (Å²) in [4.78, 5) is 38.0. The van der Waals surface area contributed by atoms with Crippen LogP contribution in [-0.4, -0.2) is 74.1 Å². The number of hydrogen-bond acceptors (Lipinski definition) is 7. The van der Waals surface area contributed by atoms with E-state index < -0.39 is 0 Å². The first kappa shape index (κ1) is 30.7. The maximum Gasteiger partial charge on any atom is 0.253 e. The lowest BCUT2D eigenvalue weighted by molar-refractivity contribution is 0.0947. The zero-order chi connectivity index (χ0) is 32.0. The first-order valence-electron chi connectivity index (χ1n) is 15.4. The molecule has 9 heteroatoms. The molecule has 2 aromatic heterocycles. The zero-order valence-electron chi connectivity index (χ0n) is 26.3. The quantitative estimate of drug-likeness (QED) is 0.129. The van der Waals surface area contributed by atoms with Crippen molar-refractivity contribution in [3.63, 3.8) is 0 Å². The summed E-state index contributed by atoms with van der Waals surface area (Å²) in [6.07, 6.45) is 1.60. The van der Waals surface area contributed by atoms with Crippen molar-refractivity contribution in [1.82, 2.24) is 25.5 Å². The van der Waals surface area contributed by atoms with E-state index in [2.05, 4.69) is 15.5 Å². The van der Waals surface area contributed by atoms with Gasteiger partial charge < -0.3 is 25.0 Å². The number of carbonyl (C=O) groups excluding carboxylic acids is 2. The Morgan fingerprint density at radius 3 is 1.52 bits per heavy atom. The van der Waals surface area contributed by atoms with E-state index in [0.717, 1.165) is 70.0 Å². The Kier molecular flexibility index (Phi) is 9.21. The van der Waals surface area contributed by atoms with Crippen molar-refractivity contribution in [2.45, 2.75) is 12.8 Å². The van der Waals surface area contributed by atoms with Gasteiger partial charge in [-0.2, -0.15) is 0 Å². The second kappa shape index (κ2) is 13.8. The van der Waals surface area contributed by atoms with Crippen molar-refractivity contribution in [3.05, 3.63) is 96.1 Å². The van der Waals surface area contributed by atoms with Crippen molar-refractivity contribution in [3.8, 4) is 11.5 Å². The van der Waals surface area contributed by atoms with E-state index >= 15 is 0 Å². The number of aromatic nitrogens is 2. The number of pyridine rings is 2. The maximum atomic E-state index is 13.1. The molecule has 234 valence electrons. The Labute approximate surface area is 267 Å². The Bertz CT molecular complexity index is 1910. The number of carbonyl (C=O) groups is 2. The predicted molar refractivity (Wildman–Crippen MR) is 183 cm³/mol. The molecule has 4 aromatic carbocycles. The van der Waals surface area contributed by atoms with Crippen LogP contribution in [0.25, 0.3) is 43.6 Å².